The van der Waals surface area contributed by atoms with Crippen molar-refractivity contribution in [2.45, 2.75) is 58.4 Å². The lowest BCUT2D eigenvalue weighted by atomic mass is 9.88. The van der Waals surface area contributed by atoms with Gasteiger partial charge >= 0.3 is 12.0 Å². The van der Waals surface area contributed by atoms with Crippen LogP contribution in [-0.2, 0) is 19.1 Å². The molecule has 0 radical (unpaired) electrons. The summed E-state index contributed by atoms with van der Waals surface area (Å²) < 4.78 is 4.82. The van der Waals surface area contributed by atoms with E-state index in [1.807, 2.05) is 20.8 Å². The lowest BCUT2D eigenvalue weighted by Gasteiger charge is -2.25. The third-order valence-electron chi connectivity index (χ3n) is 3.82. The molecular formula is C16H27N3O5. The molecule has 1 fully saturated rings. The molecule has 0 saturated carbocycles. The minimum atomic E-state index is -0.931. The van der Waals surface area contributed by atoms with Crippen molar-refractivity contribution < 1.29 is 23.9 Å². The zero-order chi connectivity index (χ0) is 18.2. The van der Waals surface area contributed by atoms with E-state index in [-0.39, 0.29) is 0 Å². The van der Waals surface area contributed by atoms with Crippen LogP contribution in [-0.4, -0.2) is 54.0 Å². The Kier molecular flexibility index (Phi) is 7.67. The summed E-state index contributed by atoms with van der Waals surface area (Å²) in [5.41, 5.74) is -0.931. The molecule has 0 aliphatic carbocycles. The lowest BCUT2D eigenvalue weighted by molar-refractivity contribution is -0.151. The molecule has 0 aromatic carbocycles. The molecule has 2 N–H and O–H groups in total. The second kappa shape index (κ2) is 9.24. The van der Waals surface area contributed by atoms with Crippen LogP contribution in [0.2, 0.25) is 0 Å². The number of nitrogens with one attached hydrogen (secondary N) is 2. The first-order valence-electron chi connectivity index (χ1n) is 8.46. The van der Waals surface area contributed by atoms with Crippen LogP contribution >= 0.6 is 0 Å². The van der Waals surface area contributed by atoms with Crippen molar-refractivity contribution in [2.75, 3.05) is 19.7 Å². The van der Waals surface area contributed by atoms with Crippen molar-refractivity contribution in [3.8, 4) is 0 Å². The van der Waals surface area contributed by atoms with Crippen molar-refractivity contribution >= 4 is 23.8 Å². The predicted molar refractivity (Wildman–Crippen MR) is 87.1 cm³/mol. The maximum absolute atomic E-state index is 12.6. The number of ether oxygens (including phenoxy) is 1. The number of carbonyl (C=O) groups excluding carboxylic acids is 4. The molecule has 0 bridgehead atoms. The van der Waals surface area contributed by atoms with Crippen LogP contribution in [0.4, 0.5) is 4.79 Å². The van der Waals surface area contributed by atoms with Gasteiger partial charge in [0.2, 0.25) is 0 Å². The van der Waals surface area contributed by atoms with Crippen molar-refractivity contribution in [3.63, 3.8) is 0 Å². The van der Waals surface area contributed by atoms with Gasteiger partial charge in [-0.1, -0.05) is 33.6 Å². The number of esters is 1. The number of rotatable bonds is 10. The molecule has 0 atom stereocenters. The summed E-state index contributed by atoms with van der Waals surface area (Å²) in [5.74, 6) is -1.59. The van der Waals surface area contributed by atoms with Gasteiger partial charge in [-0.3, -0.25) is 19.3 Å². The van der Waals surface area contributed by atoms with Crippen molar-refractivity contribution in [3.05, 3.63) is 0 Å². The summed E-state index contributed by atoms with van der Waals surface area (Å²) in [4.78, 5) is 48.7. The number of hydrogen-bond donors (Lipinski definition) is 2. The highest BCUT2D eigenvalue weighted by Gasteiger charge is 2.50. The first-order chi connectivity index (χ1) is 11.4. The Morgan fingerprint density at radius 1 is 1.12 bits per heavy atom. The fourth-order valence-corrected chi connectivity index (χ4v) is 2.77. The van der Waals surface area contributed by atoms with Gasteiger partial charge in [-0.2, -0.15) is 0 Å². The van der Waals surface area contributed by atoms with Gasteiger partial charge in [-0.15, -0.1) is 0 Å². The number of nitrogens with zero attached hydrogens (tertiary/aromatic N) is 1. The molecule has 0 aromatic rings. The minimum absolute atomic E-state index is 0.399. The second-order valence-corrected chi connectivity index (χ2v) is 5.91. The Balaban J connectivity index is 2.60. The first kappa shape index (κ1) is 19.9. The van der Waals surface area contributed by atoms with Gasteiger partial charge in [-0.25, -0.2) is 4.79 Å². The molecule has 24 heavy (non-hydrogen) atoms. The second-order valence-electron chi connectivity index (χ2n) is 5.91. The highest BCUT2D eigenvalue weighted by molar-refractivity contribution is 6.08. The molecule has 8 nitrogen and oxygen atoms in total. The molecule has 1 aliphatic heterocycles. The molecule has 8 heteroatoms. The summed E-state index contributed by atoms with van der Waals surface area (Å²) in [6.07, 6.45) is 3.30. The van der Waals surface area contributed by atoms with Crippen molar-refractivity contribution in [2.24, 2.45) is 0 Å². The lowest BCUT2D eigenvalue weighted by Crippen LogP contribution is -2.47. The van der Waals surface area contributed by atoms with E-state index >= 15 is 0 Å². The van der Waals surface area contributed by atoms with Gasteiger partial charge < -0.3 is 15.4 Å². The van der Waals surface area contributed by atoms with Crippen LogP contribution in [0.15, 0.2) is 0 Å². The molecule has 0 unspecified atom stereocenters. The number of hydrogen-bond acceptors (Lipinski definition) is 5. The number of urea groups is 1. The Morgan fingerprint density at radius 2 is 1.75 bits per heavy atom. The van der Waals surface area contributed by atoms with E-state index in [1.165, 1.54) is 0 Å². The van der Waals surface area contributed by atoms with E-state index in [0.717, 1.165) is 24.2 Å². The standard InChI is InChI=1S/C16H27N3O5/c1-4-7-16(8-5-2)14(22)19(15(23)18-16)10-13(21)24-11-12(20)17-9-6-3/h4-11H2,1-3H3,(H,17,20)(H,18,23). The molecule has 136 valence electrons. The van der Waals surface area contributed by atoms with Gasteiger partial charge in [-0.05, 0) is 19.3 Å². The third-order valence-corrected chi connectivity index (χ3v) is 3.82. The normalized spacial score (nSPS) is 16.0. The van der Waals surface area contributed by atoms with Gasteiger partial charge in [0.25, 0.3) is 11.8 Å². The summed E-state index contributed by atoms with van der Waals surface area (Å²) in [6.45, 7) is 5.37. The van der Waals surface area contributed by atoms with E-state index in [1.54, 1.807) is 0 Å². The molecule has 1 rings (SSSR count). The van der Waals surface area contributed by atoms with Crippen LogP contribution in [0.25, 0.3) is 0 Å². The molecule has 1 aliphatic rings. The summed E-state index contributed by atoms with van der Waals surface area (Å²) in [7, 11) is 0. The van der Waals surface area contributed by atoms with E-state index < -0.39 is 42.5 Å². The van der Waals surface area contributed by atoms with E-state index in [2.05, 4.69) is 10.6 Å². The fraction of sp³-hybridized carbons (Fsp3) is 0.750. The Hall–Kier alpha value is -2.12. The zero-order valence-corrected chi connectivity index (χ0v) is 14.6. The van der Waals surface area contributed by atoms with E-state index in [9.17, 15) is 19.2 Å². The average molecular weight is 341 g/mol. The van der Waals surface area contributed by atoms with Gasteiger partial charge in [0.05, 0.1) is 0 Å². The van der Waals surface area contributed by atoms with Crippen LogP contribution < -0.4 is 10.6 Å². The van der Waals surface area contributed by atoms with Gasteiger partial charge in [0.15, 0.2) is 6.61 Å². The zero-order valence-electron chi connectivity index (χ0n) is 14.6. The van der Waals surface area contributed by atoms with E-state index in [0.29, 0.717) is 19.4 Å². The summed E-state index contributed by atoms with van der Waals surface area (Å²) >= 11 is 0. The molecule has 0 aromatic heterocycles. The van der Waals surface area contributed by atoms with Crippen molar-refractivity contribution in [1.82, 2.24) is 15.5 Å². The molecule has 4 amide bonds. The third kappa shape index (κ3) is 4.94. The average Bonchev–Trinajstić information content (AvgIpc) is 2.76. The van der Waals surface area contributed by atoms with Crippen LogP contribution in [0.3, 0.4) is 0 Å². The molecular weight excluding hydrogens is 314 g/mol. The smallest absolute Gasteiger partial charge is 0.326 e. The maximum Gasteiger partial charge on any atom is 0.326 e. The first-order valence-corrected chi connectivity index (χ1v) is 8.46. The SMILES string of the molecule is CCCNC(=O)COC(=O)CN1C(=O)NC(CCC)(CCC)C1=O. The quantitative estimate of drug-likeness (QED) is 0.455. The number of amides is 4. The van der Waals surface area contributed by atoms with Crippen molar-refractivity contribution in [1.29, 1.82) is 0 Å². The van der Waals surface area contributed by atoms with Crippen LogP contribution in [0.5, 0.6) is 0 Å². The monoisotopic (exact) mass is 341 g/mol. The molecule has 1 saturated heterocycles. The fourth-order valence-electron chi connectivity index (χ4n) is 2.77. The van der Waals surface area contributed by atoms with Gasteiger partial charge in [0, 0.05) is 6.54 Å². The predicted octanol–water partition coefficient (Wildman–Crippen LogP) is 0.947. The molecule has 1 heterocycles. The van der Waals surface area contributed by atoms with E-state index in [4.69, 9.17) is 4.74 Å². The Labute approximate surface area is 142 Å². The summed E-state index contributed by atoms with van der Waals surface area (Å²) in [5, 5.41) is 5.29. The number of carbonyl (C=O) groups is 4. The summed E-state index contributed by atoms with van der Waals surface area (Å²) in [6, 6.07) is -0.589. The largest absolute Gasteiger partial charge is 0.454 e. The van der Waals surface area contributed by atoms with Gasteiger partial charge in [0.1, 0.15) is 12.1 Å². The minimum Gasteiger partial charge on any atom is -0.454 e. The topological polar surface area (TPSA) is 105 Å². The van der Waals surface area contributed by atoms with Crippen LogP contribution in [0, 0.1) is 0 Å². The highest BCUT2D eigenvalue weighted by Crippen LogP contribution is 2.27. The molecule has 0 spiro atoms. The Morgan fingerprint density at radius 3 is 2.29 bits per heavy atom. The van der Waals surface area contributed by atoms with Crippen LogP contribution in [0.1, 0.15) is 52.9 Å². The highest BCUT2D eigenvalue weighted by atomic mass is 16.5. The Bertz CT molecular complexity index is 486. The maximum atomic E-state index is 12.6. The number of imide groups is 1.